The number of carboxylic acids is 1. The van der Waals surface area contributed by atoms with E-state index in [4.69, 9.17) is 15.6 Å². The van der Waals surface area contributed by atoms with Crippen molar-refractivity contribution in [2.24, 2.45) is 5.73 Å². The maximum atomic E-state index is 10.8. The summed E-state index contributed by atoms with van der Waals surface area (Å²) in [6.45, 7) is 2.24. The Morgan fingerprint density at radius 2 is 2.11 bits per heavy atom. The molecule has 104 valence electrons. The minimum absolute atomic E-state index is 0.0938. The lowest BCUT2D eigenvalue weighted by Crippen LogP contribution is -2.39. The van der Waals surface area contributed by atoms with Crippen LogP contribution in [0, 0.1) is 6.92 Å². The molecule has 3 N–H and O–H groups in total. The predicted molar refractivity (Wildman–Crippen MR) is 69.9 cm³/mol. The van der Waals surface area contributed by atoms with E-state index in [0.29, 0.717) is 18.9 Å². The highest BCUT2D eigenvalue weighted by Gasteiger charge is 2.12. The average molecular weight is 266 g/mol. The van der Waals surface area contributed by atoms with Crippen LogP contribution in [0.25, 0.3) is 0 Å². The molecule has 6 heteroatoms. The van der Waals surface area contributed by atoms with E-state index in [0.717, 1.165) is 5.56 Å². The van der Waals surface area contributed by atoms with E-state index in [9.17, 15) is 9.59 Å². The van der Waals surface area contributed by atoms with Gasteiger partial charge in [0, 0.05) is 6.54 Å². The molecule has 0 aliphatic rings. The molecule has 0 unspecified atom stereocenters. The second-order valence-corrected chi connectivity index (χ2v) is 4.24. The van der Waals surface area contributed by atoms with Gasteiger partial charge in [-0.1, -0.05) is 12.1 Å². The number of carboxylic acid groups (broad SMARTS) is 1. The van der Waals surface area contributed by atoms with Crippen molar-refractivity contribution in [1.82, 2.24) is 4.90 Å². The Bertz CT molecular complexity index is 432. The third kappa shape index (κ3) is 6.42. The van der Waals surface area contributed by atoms with Crippen molar-refractivity contribution in [3.63, 3.8) is 0 Å². The van der Waals surface area contributed by atoms with Gasteiger partial charge >= 0.3 is 5.97 Å². The lowest BCUT2D eigenvalue weighted by atomic mass is 10.2. The highest BCUT2D eigenvalue weighted by Crippen LogP contribution is 2.12. The van der Waals surface area contributed by atoms with Gasteiger partial charge in [0.05, 0.1) is 13.1 Å². The lowest BCUT2D eigenvalue weighted by molar-refractivity contribution is -0.138. The number of ether oxygens (including phenoxy) is 1. The topological polar surface area (TPSA) is 92.9 Å². The molecule has 0 saturated heterocycles. The van der Waals surface area contributed by atoms with Gasteiger partial charge in [0.25, 0.3) is 0 Å². The van der Waals surface area contributed by atoms with E-state index in [1.54, 1.807) is 0 Å². The molecule has 0 saturated carbocycles. The molecule has 0 radical (unpaired) electrons. The molecule has 0 heterocycles. The summed E-state index contributed by atoms with van der Waals surface area (Å²) in [4.78, 5) is 22.9. The summed E-state index contributed by atoms with van der Waals surface area (Å²) in [5.74, 6) is -0.844. The molecule has 6 nitrogen and oxygen atoms in total. The number of benzene rings is 1. The monoisotopic (exact) mass is 266 g/mol. The van der Waals surface area contributed by atoms with Crippen molar-refractivity contribution >= 4 is 11.9 Å². The molecule has 0 atom stereocenters. The fourth-order valence-corrected chi connectivity index (χ4v) is 1.62. The number of rotatable bonds is 8. The molecule has 0 aliphatic carbocycles. The van der Waals surface area contributed by atoms with Gasteiger partial charge < -0.3 is 15.6 Å². The molecular weight excluding hydrogens is 248 g/mol. The normalized spacial score (nSPS) is 10.4. The third-order valence-corrected chi connectivity index (χ3v) is 2.40. The molecule has 19 heavy (non-hydrogen) atoms. The maximum Gasteiger partial charge on any atom is 0.317 e. The molecule has 0 spiro atoms. The standard InChI is InChI=1S/C13H18N2O4/c1-10-3-2-4-11(7-10)19-6-5-15(8-12(14)16)9-13(17)18/h2-4,7H,5-6,8-9H2,1H3,(H2,14,16)(H,17,18). The van der Waals surface area contributed by atoms with Crippen LogP contribution in [0.2, 0.25) is 0 Å². The van der Waals surface area contributed by atoms with Gasteiger partial charge in [-0.3, -0.25) is 14.5 Å². The van der Waals surface area contributed by atoms with Crippen molar-refractivity contribution in [2.45, 2.75) is 6.92 Å². The van der Waals surface area contributed by atoms with Crippen LogP contribution in [-0.4, -0.2) is 48.1 Å². The highest BCUT2D eigenvalue weighted by molar-refractivity contribution is 5.77. The van der Waals surface area contributed by atoms with Gasteiger partial charge in [0.1, 0.15) is 12.4 Å². The van der Waals surface area contributed by atoms with Crippen LogP contribution in [0.5, 0.6) is 5.75 Å². The summed E-state index contributed by atoms with van der Waals surface area (Å²) in [5.41, 5.74) is 6.14. The minimum atomic E-state index is -1.00. The maximum absolute atomic E-state index is 10.8. The fourth-order valence-electron chi connectivity index (χ4n) is 1.62. The highest BCUT2D eigenvalue weighted by atomic mass is 16.5. The van der Waals surface area contributed by atoms with Gasteiger partial charge in [0.15, 0.2) is 0 Å². The predicted octanol–water partition coefficient (Wildman–Crippen LogP) is 0.246. The first-order valence-electron chi connectivity index (χ1n) is 5.89. The molecule has 0 aliphatic heterocycles. The Morgan fingerprint density at radius 3 is 2.68 bits per heavy atom. The third-order valence-electron chi connectivity index (χ3n) is 2.40. The molecule has 1 aromatic rings. The van der Waals surface area contributed by atoms with Crippen molar-refractivity contribution in [3.05, 3.63) is 29.8 Å². The summed E-state index contributed by atoms with van der Waals surface area (Å²) >= 11 is 0. The molecule has 1 aromatic carbocycles. The van der Waals surface area contributed by atoms with Gasteiger partial charge in [-0.05, 0) is 24.6 Å². The molecule has 1 amide bonds. The summed E-state index contributed by atoms with van der Waals surface area (Å²) in [6.07, 6.45) is 0. The van der Waals surface area contributed by atoms with Gasteiger partial charge in [-0.2, -0.15) is 0 Å². The second-order valence-electron chi connectivity index (χ2n) is 4.24. The van der Waals surface area contributed by atoms with E-state index in [1.807, 2.05) is 31.2 Å². The Hall–Kier alpha value is -2.08. The van der Waals surface area contributed by atoms with E-state index in [-0.39, 0.29) is 13.1 Å². The zero-order valence-corrected chi connectivity index (χ0v) is 10.8. The fraction of sp³-hybridized carbons (Fsp3) is 0.385. The summed E-state index contributed by atoms with van der Waals surface area (Å²) in [7, 11) is 0. The van der Waals surface area contributed by atoms with Crippen LogP contribution in [0.1, 0.15) is 5.56 Å². The van der Waals surface area contributed by atoms with Crippen molar-refractivity contribution in [2.75, 3.05) is 26.2 Å². The van der Waals surface area contributed by atoms with Gasteiger partial charge in [-0.25, -0.2) is 0 Å². The number of nitrogens with zero attached hydrogens (tertiary/aromatic N) is 1. The van der Waals surface area contributed by atoms with Crippen LogP contribution in [0.15, 0.2) is 24.3 Å². The number of carbonyl (C=O) groups excluding carboxylic acids is 1. The number of hydrogen-bond acceptors (Lipinski definition) is 4. The SMILES string of the molecule is Cc1cccc(OCCN(CC(N)=O)CC(=O)O)c1. The molecule has 0 bridgehead atoms. The Balaban J connectivity index is 2.43. The van der Waals surface area contributed by atoms with Gasteiger partial charge in [0.2, 0.25) is 5.91 Å². The number of nitrogens with two attached hydrogens (primary N) is 1. The summed E-state index contributed by atoms with van der Waals surface area (Å²) in [6, 6.07) is 7.54. The van der Waals surface area contributed by atoms with E-state index in [2.05, 4.69) is 0 Å². The quantitative estimate of drug-likeness (QED) is 0.703. The van der Waals surface area contributed by atoms with Crippen molar-refractivity contribution < 1.29 is 19.4 Å². The number of amides is 1. The first-order valence-corrected chi connectivity index (χ1v) is 5.89. The van der Waals surface area contributed by atoms with Crippen LogP contribution in [-0.2, 0) is 9.59 Å². The number of aliphatic carboxylic acids is 1. The van der Waals surface area contributed by atoms with Crippen molar-refractivity contribution in [1.29, 1.82) is 0 Å². The molecular formula is C13H18N2O4. The van der Waals surface area contributed by atoms with Crippen molar-refractivity contribution in [3.8, 4) is 5.75 Å². The zero-order chi connectivity index (χ0) is 14.3. The first kappa shape index (κ1) is 15.0. The largest absolute Gasteiger partial charge is 0.492 e. The Kier molecular flexibility index (Phi) is 5.81. The summed E-state index contributed by atoms with van der Waals surface area (Å²) in [5, 5.41) is 8.71. The number of carbonyl (C=O) groups is 2. The number of primary amides is 1. The van der Waals surface area contributed by atoms with Crippen LogP contribution >= 0.6 is 0 Å². The number of aryl methyl sites for hydroxylation is 1. The lowest BCUT2D eigenvalue weighted by Gasteiger charge is -2.18. The van der Waals surface area contributed by atoms with Crippen LogP contribution in [0.3, 0.4) is 0 Å². The van der Waals surface area contributed by atoms with E-state index < -0.39 is 11.9 Å². The summed E-state index contributed by atoms with van der Waals surface area (Å²) < 4.78 is 5.49. The van der Waals surface area contributed by atoms with E-state index >= 15 is 0 Å². The first-order chi connectivity index (χ1) is 8.97. The smallest absolute Gasteiger partial charge is 0.317 e. The molecule has 1 rings (SSSR count). The Morgan fingerprint density at radius 1 is 1.37 bits per heavy atom. The Labute approximate surface area is 111 Å². The average Bonchev–Trinajstić information content (AvgIpc) is 2.27. The molecule has 0 aromatic heterocycles. The van der Waals surface area contributed by atoms with Crippen LogP contribution < -0.4 is 10.5 Å². The zero-order valence-electron chi connectivity index (χ0n) is 10.8. The molecule has 0 fully saturated rings. The second kappa shape index (κ2) is 7.38. The number of hydrogen-bond donors (Lipinski definition) is 2. The minimum Gasteiger partial charge on any atom is -0.492 e. The van der Waals surface area contributed by atoms with Gasteiger partial charge in [-0.15, -0.1) is 0 Å². The van der Waals surface area contributed by atoms with E-state index in [1.165, 1.54) is 4.90 Å². The van der Waals surface area contributed by atoms with Crippen LogP contribution in [0.4, 0.5) is 0 Å².